The van der Waals surface area contributed by atoms with E-state index in [2.05, 4.69) is 20.7 Å². The van der Waals surface area contributed by atoms with E-state index < -0.39 is 121 Å². The molecule has 5 rings (SSSR count). The number of likely N-dealkylation sites (N-methyl/N-ethyl adjacent to an activating group) is 3. The number of ether oxygens (including phenoxy) is 8. The van der Waals surface area contributed by atoms with Gasteiger partial charge in [0.1, 0.15) is 42.7 Å². The van der Waals surface area contributed by atoms with Crippen molar-refractivity contribution in [1.82, 2.24) is 30.2 Å². The highest BCUT2D eigenvalue weighted by molar-refractivity contribution is 7.21. The number of aliphatic carboxylic acids is 1. The van der Waals surface area contributed by atoms with Crippen molar-refractivity contribution in [2.24, 2.45) is 28.8 Å². The first-order valence-electron chi connectivity index (χ1n) is 32.1. The molecule has 0 aliphatic carbocycles. The quantitative estimate of drug-likeness (QED) is 0.0189. The van der Waals surface area contributed by atoms with Crippen molar-refractivity contribution in [2.75, 3.05) is 101 Å². The number of benzene rings is 2. The molecule has 6 N–H and O–H groups in total. The van der Waals surface area contributed by atoms with Gasteiger partial charge in [-0.05, 0) is 53.8 Å². The molecular weight excluding hydrogens is 1240 g/mol. The maximum Gasteiger partial charge on any atom is 0.410 e. The number of amides is 6. The van der Waals surface area contributed by atoms with Crippen LogP contribution in [0.4, 0.5) is 4.79 Å². The fourth-order valence-corrected chi connectivity index (χ4v) is 13.0. The number of likely N-dealkylation sites (tertiary alicyclic amines) is 1. The van der Waals surface area contributed by atoms with Crippen molar-refractivity contribution in [3.8, 4) is 5.75 Å². The van der Waals surface area contributed by atoms with Crippen LogP contribution in [0.25, 0.3) is 20.5 Å². The molecule has 2 unspecified atom stereocenters. The number of methoxy groups -OCH3 is 2. The van der Waals surface area contributed by atoms with E-state index in [-0.39, 0.29) is 88.9 Å². The van der Waals surface area contributed by atoms with Gasteiger partial charge in [-0.15, -0.1) is 11.3 Å². The molecule has 6 amide bonds. The summed E-state index contributed by atoms with van der Waals surface area (Å²) < 4.78 is 47.0. The molecule has 94 heavy (non-hydrogen) atoms. The molecule has 13 atom stereocenters. The predicted octanol–water partition coefficient (Wildman–Crippen LogP) is 5.01. The Kier molecular flexibility index (Phi) is 32.1. The second-order valence-corrected chi connectivity index (χ2v) is 25.6. The normalized spacial score (nSPS) is 19.8. The van der Waals surface area contributed by atoms with Gasteiger partial charge in [0.05, 0.1) is 93.9 Å². The topological polar surface area (TPSA) is 360 Å². The first-order chi connectivity index (χ1) is 44.8. The maximum atomic E-state index is 14.9. The Labute approximate surface area is 554 Å². The van der Waals surface area contributed by atoms with Crippen molar-refractivity contribution < 1.29 is 91.9 Å². The van der Waals surface area contributed by atoms with Crippen LogP contribution >= 0.6 is 11.3 Å². The van der Waals surface area contributed by atoms with Gasteiger partial charge in [0.2, 0.25) is 29.9 Å². The van der Waals surface area contributed by atoms with Gasteiger partial charge in [0, 0.05) is 88.4 Å². The SMILES string of the molecule is CCC(C)[C@@H]([C@@H](CC(=O)N1CCC[C@H]1[C@H](OC)[C@@H](C)C(=O)NC(Cc1ccccc1)C(=O)O)OC)N(C)C(=O)[C@@H](NC(=O)[C@H](C(C)C)N(C)C(=O)OCc1ccc(O[C@H]2C[C@@H](O)[C@@H](O)[C@@H](CO)O2)c2cc(C(=O)N(C)CCOCCOCCOCCN=[N+]=[N-])sc12)C(C)C. The highest BCUT2D eigenvalue weighted by Gasteiger charge is 2.45. The number of fused-ring (bicyclic) bond motifs is 1. The Morgan fingerprint density at radius 2 is 1.53 bits per heavy atom. The summed E-state index contributed by atoms with van der Waals surface area (Å²) in [5.74, 6) is -5.20. The summed E-state index contributed by atoms with van der Waals surface area (Å²) in [6.45, 7) is 14.2. The number of nitrogens with one attached hydrogen (secondary N) is 2. The third-order valence-corrected chi connectivity index (χ3v) is 18.5. The van der Waals surface area contributed by atoms with E-state index in [0.29, 0.717) is 59.5 Å². The molecule has 2 aromatic carbocycles. The summed E-state index contributed by atoms with van der Waals surface area (Å²) in [7, 11) is 7.59. The fraction of sp³-hybridized carbons (Fsp3) is 0.677. The number of aliphatic hydroxyl groups excluding tert-OH is 3. The summed E-state index contributed by atoms with van der Waals surface area (Å²) in [5.41, 5.74) is 9.58. The largest absolute Gasteiger partial charge is 0.480 e. The van der Waals surface area contributed by atoms with Crippen LogP contribution in [0, 0.1) is 23.7 Å². The van der Waals surface area contributed by atoms with Crippen molar-refractivity contribution in [1.29, 1.82) is 0 Å². The van der Waals surface area contributed by atoms with Crippen molar-refractivity contribution >= 4 is 63.0 Å². The number of hydrogen-bond donors (Lipinski definition) is 6. The van der Waals surface area contributed by atoms with E-state index in [1.54, 1.807) is 96.1 Å². The molecule has 28 nitrogen and oxygen atoms in total. The van der Waals surface area contributed by atoms with Gasteiger partial charge in [-0.1, -0.05) is 96.4 Å². The third-order valence-electron chi connectivity index (χ3n) is 17.3. The van der Waals surface area contributed by atoms with E-state index in [1.165, 1.54) is 31.1 Å². The third kappa shape index (κ3) is 21.6. The minimum absolute atomic E-state index is 0.0744. The number of azide groups is 1. The zero-order valence-corrected chi connectivity index (χ0v) is 57.1. The molecule has 2 aliphatic heterocycles. The van der Waals surface area contributed by atoms with Crippen LogP contribution in [0.1, 0.15) is 101 Å². The van der Waals surface area contributed by atoms with Gasteiger partial charge in [0.25, 0.3) is 5.91 Å². The molecule has 0 radical (unpaired) electrons. The molecular formula is C65H99N9O19S. The standard InChI is InChI=1S/C65H99N9O19S/c1-13-40(6)56(49(86-11)35-52(77)74-24-17-20-46(74)58(87-12)41(7)60(79)68-45(64(83)84)32-42-18-15-14-16-19-42)72(9)63(82)54(38(2)3)69-61(80)55(39(4)5)73(10)65(85)91-37-43-21-22-48(92-53-34-47(76)57(78)50(36-75)93-53)44-33-51(94-59(43)44)62(81)71(8)25-27-89-29-31-90-30-28-88-26-23-67-70-66/h14-16,18-19,21-22,33,38-41,45-47,49-50,53-58,75-76,78H,13,17,20,23-32,34-37H2,1-12H3,(H,68,79)(H,69,80)(H,83,84)/t40?,41-,45?,46+,47-,49-,50-,53-,54+,55+,56+,57-,58-/m1/s1. The first-order valence-corrected chi connectivity index (χ1v) is 32.9. The Morgan fingerprint density at radius 3 is 2.14 bits per heavy atom. The molecule has 29 heteroatoms. The van der Waals surface area contributed by atoms with Gasteiger partial charge >= 0.3 is 12.1 Å². The number of carboxylic acids is 1. The van der Waals surface area contributed by atoms with E-state index >= 15 is 0 Å². The van der Waals surface area contributed by atoms with Crippen molar-refractivity contribution in [3.63, 3.8) is 0 Å². The molecule has 0 spiro atoms. The molecule has 2 saturated heterocycles. The van der Waals surface area contributed by atoms with Gasteiger partial charge < -0.3 is 83.7 Å². The molecule has 3 heterocycles. The van der Waals surface area contributed by atoms with E-state index in [0.717, 1.165) is 21.8 Å². The minimum Gasteiger partial charge on any atom is -0.480 e. The van der Waals surface area contributed by atoms with Crippen LogP contribution in [0.3, 0.4) is 0 Å². The van der Waals surface area contributed by atoms with Gasteiger partial charge in [0.15, 0.2) is 0 Å². The highest BCUT2D eigenvalue weighted by Crippen LogP contribution is 2.39. The molecule has 1 aromatic heterocycles. The fourth-order valence-electron chi connectivity index (χ4n) is 11.9. The molecule has 3 aromatic rings. The summed E-state index contributed by atoms with van der Waals surface area (Å²) in [5, 5.41) is 50.3. The summed E-state index contributed by atoms with van der Waals surface area (Å²) in [6.07, 6.45) is -5.79. The van der Waals surface area contributed by atoms with Crippen LogP contribution in [0.15, 0.2) is 53.6 Å². The smallest absolute Gasteiger partial charge is 0.410 e. The second kappa shape index (κ2) is 38.7. The lowest BCUT2D eigenvalue weighted by molar-refractivity contribution is -0.229. The Morgan fingerprint density at radius 1 is 0.862 bits per heavy atom. The second-order valence-electron chi connectivity index (χ2n) is 24.6. The van der Waals surface area contributed by atoms with Gasteiger partial charge in [-0.3, -0.25) is 28.9 Å². The van der Waals surface area contributed by atoms with Crippen molar-refractivity contribution in [3.05, 3.63) is 75.0 Å². The Balaban J connectivity index is 1.27. The van der Waals surface area contributed by atoms with E-state index in [4.69, 9.17) is 43.4 Å². The lowest BCUT2D eigenvalue weighted by Crippen LogP contribution is -2.60. The minimum atomic E-state index is -1.35. The van der Waals surface area contributed by atoms with Crippen molar-refractivity contribution in [2.45, 2.75) is 161 Å². The Bertz CT molecular complexity index is 2970. The average molecular weight is 1340 g/mol. The number of nitrogens with zero attached hydrogens (tertiary/aromatic N) is 7. The van der Waals surface area contributed by atoms with Gasteiger partial charge in [-0.25, -0.2) is 9.59 Å². The zero-order valence-electron chi connectivity index (χ0n) is 56.3. The number of thiophene rings is 1. The molecule has 2 aliphatic rings. The molecule has 0 saturated carbocycles. The summed E-state index contributed by atoms with van der Waals surface area (Å²) in [4.78, 5) is 107. The Hall–Kier alpha value is -6.76. The van der Waals surface area contributed by atoms with Crippen LogP contribution in [0.2, 0.25) is 0 Å². The molecule has 0 bridgehead atoms. The van der Waals surface area contributed by atoms with Gasteiger partial charge in [-0.2, -0.15) is 0 Å². The number of rotatable bonds is 39. The number of carbonyl (C=O) groups excluding carboxylic acids is 6. The van der Waals surface area contributed by atoms with Crippen LogP contribution < -0.4 is 15.4 Å². The highest BCUT2D eigenvalue weighted by atomic mass is 32.1. The number of hydrogen-bond acceptors (Lipinski definition) is 20. The predicted molar refractivity (Wildman–Crippen MR) is 347 cm³/mol. The maximum absolute atomic E-state index is 14.9. The lowest BCUT2D eigenvalue weighted by atomic mass is 9.89. The van der Waals surface area contributed by atoms with E-state index in [9.17, 15) is 54.0 Å². The monoisotopic (exact) mass is 1340 g/mol. The average Bonchev–Trinajstić information content (AvgIpc) is 1.59. The first kappa shape index (κ1) is 77.9. The zero-order chi connectivity index (χ0) is 69.3. The summed E-state index contributed by atoms with van der Waals surface area (Å²) >= 11 is 1.12. The number of aliphatic hydroxyl groups is 3. The molecule has 2 fully saturated rings. The van der Waals surface area contributed by atoms with Crippen LogP contribution in [-0.2, 0) is 70.2 Å². The summed E-state index contributed by atoms with van der Waals surface area (Å²) in [6, 6.07) is 9.18. The van der Waals surface area contributed by atoms with Crippen LogP contribution in [0.5, 0.6) is 5.75 Å². The number of carboxylic acid groups (broad SMARTS) is 1. The number of carbonyl (C=O) groups is 7. The lowest BCUT2D eigenvalue weighted by Gasteiger charge is -2.41. The van der Waals surface area contributed by atoms with E-state index in [1.807, 2.05) is 19.9 Å². The molecule has 524 valence electrons. The van der Waals surface area contributed by atoms with Crippen LogP contribution in [-0.4, -0.2) is 250 Å².